The van der Waals surface area contributed by atoms with Gasteiger partial charge in [0.1, 0.15) is 0 Å². The molecule has 0 saturated carbocycles. The van der Waals surface area contributed by atoms with Crippen LogP contribution in [0.25, 0.3) is 0 Å². The van der Waals surface area contributed by atoms with Gasteiger partial charge in [-0.25, -0.2) is 0 Å². The molecule has 0 radical (unpaired) electrons. The van der Waals surface area contributed by atoms with Crippen LogP contribution < -0.4 is 5.32 Å². The van der Waals surface area contributed by atoms with Gasteiger partial charge in [-0.2, -0.15) is 0 Å². The molecule has 0 bridgehead atoms. The van der Waals surface area contributed by atoms with Crippen LogP contribution in [-0.2, 0) is 0 Å². The minimum atomic E-state index is 0.140. The van der Waals surface area contributed by atoms with Crippen molar-refractivity contribution in [2.75, 3.05) is 13.1 Å². The summed E-state index contributed by atoms with van der Waals surface area (Å²) in [7, 11) is 0. The monoisotopic (exact) mass is 189 g/mol. The Balaban J connectivity index is 2.16. The smallest absolute Gasteiger partial charge is 0.159 e. The zero-order valence-corrected chi connectivity index (χ0v) is 8.42. The van der Waals surface area contributed by atoms with Crippen molar-refractivity contribution >= 4 is 5.78 Å². The van der Waals surface area contributed by atoms with Gasteiger partial charge in [-0.15, -0.1) is 0 Å². The van der Waals surface area contributed by atoms with Gasteiger partial charge in [-0.3, -0.25) is 4.79 Å². The Morgan fingerprint density at radius 3 is 2.57 bits per heavy atom. The van der Waals surface area contributed by atoms with Gasteiger partial charge >= 0.3 is 0 Å². The molecule has 1 saturated heterocycles. The zero-order valence-electron chi connectivity index (χ0n) is 8.42. The van der Waals surface area contributed by atoms with E-state index in [1.165, 1.54) is 12.0 Å². The first-order chi connectivity index (χ1) is 6.77. The van der Waals surface area contributed by atoms with Gasteiger partial charge in [0.05, 0.1) is 0 Å². The second-order valence-corrected chi connectivity index (χ2v) is 3.87. The highest BCUT2D eigenvalue weighted by molar-refractivity contribution is 5.94. The standard InChI is InChI=1S/C12H15NO/c1-9(14)10-2-4-11(5-3-10)12-6-7-13-8-12/h2-5,12-13H,6-8H2,1H3. The SMILES string of the molecule is CC(=O)c1ccc(C2CCNC2)cc1. The first kappa shape index (κ1) is 9.41. The van der Waals surface area contributed by atoms with Crippen molar-refractivity contribution < 1.29 is 4.79 Å². The van der Waals surface area contributed by atoms with Crippen LogP contribution in [0.4, 0.5) is 0 Å². The third-order valence-electron chi connectivity index (χ3n) is 2.85. The number of rotatable bonds is 2. The van der Waals surface area contributed by atoms with Crippen molar-refractivity contribution in [1.29, 1.82) is 0 Å². The van der Waals surface area contributed by atoms with Gasteiger partial charge in [0.25, 0.3) is 0 Å². The fraction of sp³-hybridized carbons (Fsp3) is 0.417. The van der Waals surface area contributed by atoms with E-state index in [9.17, 15) is 4.79 Å². The van der Waals surface area contributed by atoms with Crippen molar-refractivity contribution in [3.63, 3.8) is 0 Å². The minimum absolute atomic E-state index is 0.140. The minimum Gasteiger partial charge on any atom is -0.316 e. The van der Waals surface area contributed by atoms with Crippen LogP contribution in [0, 0.1) is 0 Å². The lowest BCUT2D eigenvalue weighted by Crippen LogP contribution is -2.08. The highest BCUT2D eigenvalue weighted by Gasteiger charge is 2.16. The molecule has 74 valence electrons. The van der Waals surface area contributed by atoms with Crippen LogP contribution in [0.3, 0.4) is 0 Å². The van der Waals surface area contributed by atoms with Crippen LogP contribution in [0.2, 0.25) is 0 Å². The lowest BCUT2D eigenvalue weighted by atomic mass is 9.97. The molecule has 2 heteroatoms. The summed E-state index contributed by atoms with van der Waals surface area (Å²) in [6.07, 6.45) is 1.21. The molecule has 1 aliphatic heterocycles. The highest BCUT2D eigenvalue weighted by atomic mass is 16.1. The summed E-state index contributed by atoms with van der Waals surface area (Å²) in [6, 6.07) is 8.01. The predicted molar refractivity (Wildman–Crippen MR) is 56.7 cm³/mol. The van der Waals surface area contributed by atoms with Crippen molar-refractivity contribution in [3.05, 3.63) is 35.4 Å². The van der Waals surface area contributed by atoms with Crippen LogP contribution in [-0.4, -0.2) is 18.9 Å². The van der Waals surface area contributed by atoms with Crippen molar-refractivity contribution in [1.82, 2.24) is 5.32 Å². The molecule has 1 fully saturated rings. The van der Waals surface area contributed by atoms with Gasteiger partial charge in [-0.1, -0.05) is 24.3 Å². The number of ketones is 1. The van der Waals surface area contributed by atoms with E-state index in [0.717, 1.165) is 18.7 Å². The lowest BCUT2D eigenvalue weighted by Gasteiger charge is -2.08. The largest absolute Gasteiger partial charge is 0.316 e. The molecule has 1 unspecified atom stereocenters. The number of nitrogens with one attached hydrogen (secondary N) is 1. The topological polar surface area (TPSA) is 29.1 Å². The van der Waals surface area contributed by atoms with E-state index < -0.39 is 0 Å². The Labute approximate surface area is 84.3 Å². The molecule has 1 aromatic carbocycles. The summed E-state index contributed by atoms with van der Waals surface area (Å²) in [6.45, 7) is 3.78. The van der Waals surface area contributed by atoms with Crippen molar-refractivity contribution in [3.8, 4) is 0 Å². The van der Waals surface area contributed by atoms with Crippen molar-refractivity contribution in [2.24, 2.45) is 0 Å². The number of hydrogen-bond donors (Lipinski definition) is 1. The molecule has 2 rings (SSSR count). The third-order valence-corrected chi connectivity index (χ3v) is 2.85. The number of carbonyl (C=O) groups excluding carboxylic acids is 1. The quantitative estimate of drug-likeness (QED) is 0.721. The Bertz CT molecular complexity index is 323. The van der Waals surface area contributed by atoms with E-state index in [1.807, 2.05) is 12.1 Å². The number of carbonyl (C=O) groups is 1. The Hall–Kier alpha value is -1.15. The molecule has 0 aliphatic carbocycles. The maximum atomic E-state index is 11.1. The molecular weight excluding hydrogens is 174 g/mol. The van der Waals surface area contributed by atoms with Gasteiger partial charge in [0, 0.05) is 12.1 Å². The van der Waals surface area contributed by atoms with E-state index in [2.05, 4.69) is 17.4 Å². The predicted octanol–water partition coefficient (Wildman–Crippen LogP) is 1.97. The summed E-state index contributed by atoms with van der Waals surface area (Å²) in [5.74, 6) is 0.775. The van der Waals surface area contributed by atoms with Gasteiger partial charge in [-0.05, 0) is 31.4 Å². The van der Waals surface area contributed by atoms with Crippen LogP contribution >= 0.6 is 0 Å². The molecule has 2 nitrogen and oxygen atoms in total. The fourth-order valence-electron chi connectivity index (χ4n) is 1.93. The second kappa shape index (κ2) is 3.93. The number of benzene rings is 1. The van der Waals surface area contributed by atoms with E-state index in [0.29, 0.717) is 5.92 Å². The molecule has 0 spiro atoms. The Morgan fingerprint density at radius 1 is 1.36 bits per heavy atom. The summed E-state index contributed by atoms with van der Waals surface area (Å²) in [5.41, 5.74) is 2.15. The number of hydrogen-bond acceptors (Lipinski definition) is 2. The highest BCUT2D eigenvalue weighted by Crippen LogP contribution is 2.22. The molecule has 0 aromatic heterocycles. The first-order valence-corrected chi connectivity index (χ1v) is 5.09. The maximum absolute atomic E-state index is 11.1. The van der Waals surface area contributed by atoms with E-state index in [-0.39, 0.29) is 5.78 Å². The van der Waals surface area contributed by atoms with Gasteiger partial charge in [0.2, 0.25) is 0 Å². The third kappa shape index (κ3) is 1.85. The summed E-state index contributed by atoms with van der Waals surface area (Å²) in [4.78, 5) is 11.1. The molecular formula is C12H15NO. The Kier molecular flexibility index (Phi) is 2.64. The Morgan fingerprint density at radius 2 is 2.07 bits per heavy atom. The van der Waals surface area contributed by atoms with Crippen LogP contribution in [0.5, 0.6) is 0 Å². The average molecular weight is 189 g/mol. The molecule has 1 heterocycles. The van der Waals surface area contributed by atoms with E-state index in [1.54, 1.807) is 6.92 Å². The zero-order chi connectivity index (χ0) is 9.97. The molecule has 1 aliphatic rings. The molecule has 0 amide bonds. The maximum Gasteiger partial charge on any atom is 0.159 e. The van der Waals surface area contributed by atoms with Crippen molar-refractivity contribution in [2.45, 2.75) is 19.3 Å². The molecule has 1 atom stereocenters. The second-order valence-electron chi connectivity index (χ2n) is 3.87. The molecule has 1 aromatic rings. The lowest BCUT2D eigenvalue weighted by molar-refractivity contribution is 0.101. The van der Waals surface area contributed by atoms with Gasteiger partial charge < -0.3 is 5.32 Å². The molecule has 14 heavy (non-hydrogen) atoms. The van der Waals surface area contributed by atoms with Gasteiger partial charge in [0.15, 0.2) is 5.78 Å². The molecule has 1 N–H and O–H groups in total. The fourth-order valence-corrected chi connectivity index (χ4v) is 1.93. The summed E-state index contributed by atoms with van der Waals surface area (Å²) >= 11 is 0. The summed E-state index contributed by atoms with van der Waals surface area (Å²) in [5, 5.41) is 3.34. The number of Topliss-reactive ketones (excluding diaryl/α,β-unsaturated/α-hetero) is 1. The van der Waals surface area contributed by atoms with Crippen LogP contribution in [0.15, 0.2) is 24.3 Å². The summed E-state index contributed by atoms with van der Waals surface area (Å²) < 4.78 is 0. The first-order valence-electron chi connectivity index (χ1n) is 5.09. The van der Waals surface area contributed by atoms with E-state index >= 15 is 0 Å². The normalized spacial score (nSPS) is 21.1. The average Bonchev–Trinajstić information content (AvgIpc) is 2.71. The van der Waals surface area contributed by atoms with E-state index in [4.69, 9.17) is 0 Å². The van der Waals surface area contributed by atoms with Crippen LogP contribution in [0.1, 0.15) is 35.2 Å².